The second-order valence-electron chi connectivity index (χ2n) is 9.14. The number of hydrogen-bond acceptors (Lipinski definition) is 4. The first-order chi connectivity index (χ1) is 17.5. The van der Waals surface area contributed by atoms with Crippen molar-refractivity contribution in [2.45, 2.75) is 46.0 Å². The highest BCUT2D eigenvalue weighted by atomic mass is 35.5. The van der Waals surface area contributed by atoms with Crippen LogP contribution < -0.4 is 9.62 Å². The normalized spacial score (nSPS) is 12.8. The average Bonchev–Trinajstić information content (AvgIpc) is 2.81. The summed E-state index contributed by atoms with van der Waals surface area (Å²) in [6.07, 6.45) is -3.91. The van der Waals surface area contributed by atoms with Crippen molar-refractivity contribution in [1.29, 1.82) is 0 Å². The molecular weight excluding hydrogens is 550 g/mol. The predicted molar refractivity (Wildman–Crippen MR) is 138 cm³/mol. The van der Waals surface area contributed by atoms with Gasteiger partial charge in [-0.1, -0.05) is 44.5 Å². The van der Waals surface area contributed by atoms with Gasteiger partial charge < -0.3 is 10.2 Å². The number of rotatable bonds is 11. The van der Waals surface area contributed by atoms with E-state index in [-0.39, 0.29) is 23.9 Å². The van der Waals surface area contributed by atoms with Crippen LogP contribution in [0, 0.1) is 11.7 Å². The van der Waals surface area contributed by atoms with Crippen LogP contribution in [0.25, 0.3) is 0 Å². The summed E-state index contributed by atoms with van der Waals surface area (Å²) in [5.74, 6) is -1.75. The van der Waals surface area contributed by atoms with Gasteiger partial charge >= 0.3 is 6.18 Å². The number of nitrogens with zero attached hydrogens (tertiary/aromatic N) is 2. The van der Waals surface area contributed by atoms with Gasteiger partial charge in [0.2, 0.25) is 21.8 Å². The first-order valence-electron chi connectivity index (χ1n) is 11.7. The SMILES string of the molecule is CCC(C(=O)NCC(C)C)N(Cc1ccc(F)cc1)C(=O)CN(c1cc(C(F)(F)F)ccc1Cl)S(C)(=O)=O. The third kappa shape index (κ3) is 8.59. The van der Waals surface area contributed by atoms with Gasteiger partial charge in [0.15, 0.2) is 0 Å². The zero-order chi connectivity index (χ0) is 28.8. The second-order valence-corrected chi connectivity index (χ2v) is 11.5. The molecule has 2 aromatic rings. The Morgan fingerprint density at radius 1 is 1.08 bits per heavy atom. The zero-order valence-electron chi connectivity index (χ0n) is 21.4. The van der Waals surface area contributed by atoms with Crippen LogP contribution in [0.5, 0.6) is 0 Å². The molecule has 0 heterocycles. The Bertz CT molecular complexity index is 1240. The number of nitrogens with one attached hydrogen (secondary N) is 1. The maximum Gasteiger partial charge on any atom is 0.416 e. The number of hydrogen-bond donors (Lipinski definition) is 1. The lowest BCUT2D eigenvalue weighted by atomic mass is 10.1. The maximum atomic E-state index is 13.6. The molecule has 0 saturated carbocycles. The van der Waals surface area contributed by atoms with E-state index in [1.54, 1.807) is 6.92 Å². The summed E-state index contributed by atoms with van der Waals surface area (Å²) in [5, 5.41) is 2.42. The van der Waals surface area contributed by atoms with Gasteiger partial charge in [-0.05, 0) is 48.2 Å². The summed E-state index contributed by atoms with van der Waals surface area (Å²) in [5.41, 5.74) is -1.23. The molecule has 0 saturated heterocycles. The molecule has 1 N–H and O–H groups in total. The fraction of sp³-hybridized carbons (Fsp3) is 0.440. The number of carbonyl (C=O) groups excluding carboxylic acids is 2. The molecule has 1 atom stereocenters. The van der Waals surface area contributed by atoms with Crippen LogP contribution in [0.15, 0.2) is 42.5 Å². The first kappa shape index (κ1) is 31.4. The summed E-state index contributed by atoms with van der Waals surface area (Å²) in [6, 6.07) is 6.26. The van der Waals surface area contributed by atoms with Crippen molar-refractivity contribution in [2.24, 2.45) is 5.92 Å². The molecule has 0 bridgehead atoms. The van der Waals surface area contributed by atoms with E-state index in [4.69, 9.17) is 11.6 Å². The van der Waals surface area contributed by atoms with Crippen LogP contribution >= 0.6 is 11.6 Å². The monoisotopic (exact) mass is 579 g/mol. The summed E-state index contributed by atoms with van der Waals surface area (Å²) < 4.78 is 79.2. The molecule has 210 valence electrons. The topological polar surface area (TPSA) is 86.8 Å². The Hall–Kier alpha value is -2.86. The number of halogens is 5. The maximum absolute atomic E-state index is 13.6. The number of alkyl halides is 3. The van der Waals surface area contributed by atoms with Crippen LogP contribution in [0.3, 0.4) is 0 Å². The number of sulfonamides is 1. The van der Waals surface area contributed by atoms with Gasteiger partial charge in [0, 0.05) is 13.1 Å². The van der Waals surface area contributed by atoms with E-state index in [0.29, 0.717) is 28.5 Å². The third-order valence-electron chi connectivity index (χ3n) is 5.56. The predicted octanol–water partition coefficient (Wildman–Crippen LogP) is 4.84. The molecule has 13 heteroatoms. The van der Waals surface area contributed by atoms with Crippen LogP contribution in [0.1, 0.15) is 38.3 Å². The van der Waals surface area contributed by atoms with Crippen molar-refractivity contribution >= 4 is 39.1 Å². The van der Waals surface area contributed by atoms with E-state index in [9.17, 15) is 35.6 Å². The quantitative estimate of drug-likeness (QED) is 0.386. The smallest absolute Gasteiger partial charge is 0.354 e. The van der Waals surface area contributed by atoms with Crippen molar-refractivity contribution in [3.05, 3.63) is 64.4 Å². The van der Waals surface area contributed by atoms with Crippen LogP contribution in [0.4, 0.5) is 23.2 Å². The molecule has 0 aliphatic carbocycles. The van der Waals surface area contributed by atoms with Gasteiger partial charge in [-0.25, -0.2) is 12.8 Å². The zero-order valence-corrected chi connectivity index (χ0v) is 22.9. The third-order valence-corrected chi connectivity index (χ3v) is 7.00. The Balaban J connectivity index is 2.52. The van der Waals surface area contributed by atoms with Gasteiger partial charge in [0.1, 0.15) is 18.4 Å². The van der Waals surface area contributed by atoms with E-state index in [0.717, 1.165) is 17.2 Å². The lowest BCUT2D eigenvalue weighted by molar-refractivity contribution is -0.140. The highest BCUT2D eigenvalue weighted by Gasteiger charge is 2.35. The minimum Gasteiger partial charge on any atom is -0.354 e. The van der Waals surface area contributed by atoms with Crippen LogP contribution in [-0.2, 0) is 32.3 Å². The highest BCUT2D eigenvalue weighted by Crippen LogP contribution is 2.36. The van der Waals surface area contributed by atoms with E-state index in [1.807, 2.05) is 13.8 Å². The molecule has 2 amide bonds. The molecule has 1 unspecified atom stereocenters. The van der Waals surface area contributed by atoms with Gasteiger partial charge in [0.05, 0.1) is 22.5 Å². The Morgan fingerprint density at radius 2 is 1.68 bits per heavy atom. The van der Waals surface area contributed by atoms with Gasteiger partial charge in [-0.15, -0.1) is 0 Å². The fourth-order valence-electron chi connectivity index (χ4n) is 3.60. The molecule has 0 fully saturated rings. The lowest BCUT2D eigenvalue weighted by Crippen LogP contribution is -2.52. The van der Waals surface area contributed by atoms with E-state index < -0.39 is 57.7 Å². The molecule has 0 radical (unpaired) electrons. The van der Waals surface area contributed by atoms with Crippen molar-refractivity contribution in [2.75, 3.05) is 23.7 Å². The molecule has 0 aliphatic rings. The summed E-state index contributed by atoms with van der Waals surface area (Å²) in [7, 11) is -4.30. The summed E-state index contributed by atoms with van der Waals surface area (Å²) in [4.78, 5) is 27.7. The van der Waals surface area contributed by atoms with Crippen molar-refractivity contribution in [3.8, 4) is 0 Å². The van der Waals surface area contributed by atoms with Gasteiger partial charge in [-0.2, -0.15) is 13.2 Å². The molecule has 38 heavy (non-hydrogen) atoms. The van der Waals surface area contributed by atoms with E-state index in [1.165, 1.54) is 24.3 Å². The van der Waals surface area contributed by atoms with Crippen molar-refractivity contribution in [1.82, 2.24) is 10.2 Å². The van der Waals surface area contributed by atoms with E-state index in [2.05, 4.69) is 5.32 Å². The Morgan fingerprint density at radius 3 is 2.18 bits per heavy atom. The standard InChI is InChI=1S/C25H30ClF4N3O4S/c1-5-21(24(35)31-13-16(2)3)32(14-17-6-9-19(27)10-7-17)23(34)15-33(38(4,36)37)22-12-18(25(28,29)30)8-11-20(22)26/h6-12,16,21H,5,13-15H2,1-4H3,(H,31,35). The summed E-state index contributed by atoms with van der Waals surface area (Å²) >= 11 is 6.07. The second kappa shape index (κ2) is 12.8. The average molecular weight is 580 g/mol. The van der Waals surface area contributed by atoms with E-state index >= 15 is 0 Å². The minimum atomic E-state index is -4.79. The first-order valence-corrected chi connectivity index (χ1v) is 13.9. The van der Waals surface area contributed by atoms with Gasteiger partial charge in [0.25, 0.3) is 0 Å². The Labute approximate surface area is 224 Å². The number of amides is 2. The minimum absolute atomic E-state index is 0.112. The summed E-state index contributed by atoms with van der Waals surface area (Å²) in [6.45, 7) is 4.64. The van der Waals surface area contributed by atoms with Crippen molar-refractivity contribution < 1.29 is 35.6 Å². The number of benzene rings is 2. The fourth-order valence-corrected chi connectivity index (χ4v) is 4.73. The molecule has 2 rings (SSSR count). The lowest BCUT2D eigenvalue weighted by Gasteiger charge is -2.33. The molecule has 2 aromatic carbocycles. The molecule has 0 spiro atoms. The largest absolute Gasteiger partial charge is 0.416 e. The Kier molecular flexibility index (Phi) is 10.6. The van der Waals surface area contributed by atoms with Crippen LogP contribution in [0.2, 0.25) is 5.02 Å². The van der Waals surface area contributed by atoms with Crippen LogP contribution in [-0.4, -0.2) is 50.5 Å². The molecule has 0 aliphatic heterocycles. The number of anilines is 1. The number of carbonyl (C=O) groups is 2. The highest BCUT2D eigenvalue weighted by molar-refractivity contribution is 7.92. The molecule has 0 aromatic heterocycles. The molecular formula is C25H30ClF4N3O4S. The van der Waals surface area contributed by atoms with Gasteiger partial charge in [-0.3, -0.25) is 13.9 Å². The molecule has 7 nitrogen and oxygen atoms in total. The van der Waals surface area contributed by atoms with Crippen molar-refractivity contribution in [3.63, 3.8) is 0 Å².